The Balaban J connectivity index is 1.59. The van der Waals surface area contributed by atoms with Crippen LogP contribution in [0.15, 0.2) is 46.0 Å². The first-order valence-corrected chi connectivity index (χ1v) is 13.1. The van der Waals surface area contributed by atoms with Crippen molar-refractivity contribution in [2.75, 3.05) is 7.05 Å². The molecular weight excluding hydrogens is 571 g/mol. The summed E-state index contributed by atoms with van der Waals surface area (Å²) >= 11 is 15.3. The zero-order chi connectivity index (χ0) is 24.6. The summed E-state index contributed by atoms with van der Waals surface area (Å²) < 4.78 is 35.5. The Bertz CT molecular complexity index is 1340. The fourth-order valence-corrected chi connectivity index (χ4v) is 6.32. The van der Waals surface area contributed by atoms with Crippen LogP contribution in [0.1, 0.15) is 30.1 Å². The molecule has 0 aliphatic heterocycles. The summed E-state index contributed by atoms with van der Waals surface area (Å²) in [6.07, 6.45) is 4.71. The molecule has 1 unspecified atom stereocenters. The standard InChI is InChI=1S/C21H19BrCl2N4O5S/c1-27(18-3-2-4-19-16(18)10-26-28(19)11-20(29)30)34(31,32)15-8-17(22)21(25-9-15)33-14-6-12(23)5-13(24)7-14/h5-10,18H,2-4,11H2,1H3,(H,29,30). The number of rotatable bonds is 7. The summed E-state index contributed by atoms with van der Waals surface area (Å²) in [4.78, 5) is 15.3. The molecular formula is C21H19BrCl2N4O5S. The van der Waals surface area contributed by atoms with E-state index in [9.17, 15) is 13.2 Å². The third kappa shape index (κ3) is 5.08. The molecule has 0 fully saturated rings. The highest BCUT2D eigenvalue weighted by molar-refractivity contribution is 9.10. The number of pyridine rings is 1. The van der Waals surface area contributed by atoms with Gasteiger partial charge in [0.05, 0.1) is 22.9 Å². The highest BCUT2D eigenvalue weighted by Gasteiger charge is 2.34. The number of carboxylic acids is 1. The van der Waals surface area contributed by atoms with E-state index in [0.717, 1.165) is 5.69 Å². The van der Waals surface area contributed by atoms with Crippen LogP contribution >= 0.6 is 39.1 Å². The number of aromatic nitrogens is 3. The van der Waals surface area contributed by atoms with Gasteiger partial charge in [-0.05, 0) is 59.5 Å². The number of nitrogens with zero attached hydrogens (tertiary/aromatic N) is 4. The van der Waals surface area contributed by atoms with Crippen molar-refractivity contribution >= 4 is 55.1 Å². The minimum absolute atomic E-state index is 0.0246. The molecule has 13 heteroatoms. The van der Waals surface area contributed by atoms with Gasteiger partial charge in [0, 0.05) is 28.4 Å². The fraction of sp³-hybridized carbons (Fsp3) is 0.286. The number of benzene rings is 1. The average Bonchev–Trinajstić information content (AvgIpc) is 3.16. The van der Waals surface area contributed by atoms with E-state index in [1.54, 1.807) is 24.4 Å². The number of carbonyl (C=O) groups is 1. The Morgan fingerprint density at radius 3 is 2.62 bits per heavy atom. The van der Waals surface area contributed by atoms with Crippen molar-refractivity contribution in [1.82, 2.24) is 19.1 Å². The summed E-state index contributed by atoms with van der Waals surface area (Å²) in [7, 11) is -2.44. The van der Waals surface area contributed by atoms with Gasteiger partial charge in [-0.25, -0.2) is 13.4 Å². The molecule has 2 aromatic heterocycles. The molecule has 2 heterocycles. The van der Waals surface area contributed by atoms with E-state index in [1.165, 1.54) is 28.3 Å². The highest BCUT2D eigenvalue weighted by Crippen LogP contribution is 2.38. The molecule has 1 atom stereocenters. The molecule has 0 saturated carbocycles. The molecule has 4 rings (SSSR count). The van der Waals surface area contributed by atoms with E-state index in [4.69, 9.17) is 33.0 Å². The first-order chi connectivity index (χ1) is 16.1. The number of hydrogen-bond acceptors (Lipinski definition) is 6. The summed E-state index contributed by atoms with van der Waals surface area (Å²) in [6.45, 7) is -0.269. The molecule has 1 aromatic carbocycles. The number of aliphatic carboxylic acids is 1. The summed E-state index contributed by atoms with van der Waals surface area (Å²) in [5, 5.41) is 14.0. The Kier molecular flexibility index (Phi) is 7.20. The predicted octanol–water partition coefficient (Wildman–Crippen LogP) is 4.92. The molecule has 3 aromatic rings. The molecule has 0 radical (unpaired) electrons. The van der Waals surface area contributed by atoms with Gasteiger partial charge >= 0.3 is 5.97 Å². The van der Waals surface area contributed by atoms with Crippen LogP contribution in [-0.4, -0.2) is 45.6 Å². The maximum absolute atomic E-state index is 13.4. The van der Waals surface area contributed by atoms with Crippen LogP contribution in [0.5, 0.6) is 11.6 Å². The summed E-state index contributed by atoms with van der Waals surface area (Å²) in [6, 6.07) is 5.62. The third-order valence-corrected chi connectivity index (χ3v) is 8.30. The van der Waals surface area contributed by atoms with E-state index < -0.39 is 22.0 Å². The van der Waals surface area contributed by atoms with Crippen LogP contribution in [0.4, 0.5) is 0 Å². The molecule has 1 N–H and O–H groups in total. The van der Waals surface area contributed by atoms with E-state index in [1.807, 2.05) is 0 Å². The molecule has 9 nitrogen and oxygen atoms in total. The fourth-order valence-electron chi connectivity index (χ4n) is 3.89. The number of sulfonamides is 1. The van der Waals surface area contributed by atoms with Crippen LogP contribution in [0, 0.1) is 0 Å². The molecule has 34 heavy (non-hydrogen) atoms. The molecule has 1 aliphatic carbocycles. The first kappa shape index (κ1) is 24.9. The highest BCUT2D eigenvalue weighted by atomic mass is 79.9. The number of hydrogen-bond donors (Lipinski definition) is 1. The third-order valence-electron chi connectivity index (χ3n) is 5.46. The first-order valence-electron chi connectivity index (χ1n) is 10.1. The van der Waals surface area contributed by atoms with Gasteiger partial charge < -0.3 is 9.84 Å². The second-order valence-electron chi connectivity index (χ2n) is 7.69. The zero-order valence-corrected chi connectivity index (χ0v) is 21.7. The van der Waals surface area contributed by atoms with Crippen molar-refractivity contribution in [2.24, 2.45) is 0 Å². The molecule has 0 bridgehead atoms. The molecule has 0 saturated heterocycles. The van der Waals surface area contributed by atoms with E-state index in [2.05, 4.69) is 26.0 Å². The zero-order valence-electron chi connectivity index (χ0n) is 17.8. The Labute approximate surface area is 214 Å². The van der Waals surface area contributed by atoms with Crippen LogP contribution in [0.25, 0.3) is 0 Å². The van der Waals surface area contributed by atoms with Crippen molar-refractivity contribution < 1.29 is 23.1 Å². The minimum Gasteiger partial charge on any atom is -0.480 e. The van der Waals surface area contributed by atoms with E-state index in [0.29, 0.717) is 45.1 Å². The van der Waals surface area contributed by atoms with Gasteiger partial charge in [-0.2, -0.15) is 9.40 Å². The molecule has 0 spiro atoms. The monoisotopic (exact) mass is 588 g/mol. The Hall–Kier alpha value is -2.18. The number of carboxylic acid groups (broad SMARTS) is 1. The second kappa shape index (κ2) is 9.82. The lowest BCUT2D eigenvalue weighted by molar-refractivity contribution is -0.137. The van der Waals surface area contributed by atoms with E-state index in [-0.39, 0.29) is 17.3 Å². The molecule has 180 valence electrons. The smallest absolute Gasteiger partial charge is 0.325 e. The lowest BCUT2D eigenvalue weighted by Gasteiger charge is -2.30. The minimum atomic E-state index is -3.93. The van der Waals surface area contributed by atoms with Gasteiger partial charge in [-0.3, -0.25) is 9.48 Å². The van der Waals surface area contributed by atoms with Gasteiger partial charge in [0.25, 0.3) is 0 Å². The van der Waals surface area contributed by atoms with Gasteiger partial charge in [-0.1, -0.05) is 23.2 Å². The second-order valence-corrected chi connectivity index (χ2v) is 11.4. The number of fused-ring (bicyclic) bond motifs is 1. The topological polar surface area (TPSA) is 115 Å². The lowest BCUT2D eigenvalue weighted by Crippen LogP contribution is -2.33. The van der Waals surface area contributed by atoms with Crippen molar-refractivity contribution in [2.45, 2.75) is 36.7 Å². The Morgan fingerprint density at radius 2 is 1.97 bits per heavy atom. The maximum atomic E-state index is 13.4. The molecule has 0 amide bonds. The number of halogens is 3. The van der Waals surface area contributed by atoms with Crippen molar-refractivity contribution in [3.8, 4) is 11.6 Å². The van der Waals surface area contributed by atoms with Crippen LogP contribution in [0.2, 0.25) is 10.0 Å². The SMILES string of the molecule is CN(C1CCCc2c1cnn2CC(=O)O)S(=O)(=O)c1cnc(Oc2cc(Cl)cc(Cl)c2)c(Br)c1. The predicted molar refractivity (Wildman–Crippen MR) is 129 cm³/mol. The Morgan fingerprint density at radius 1 is 1.26 bits per heavy atom. The van der Waals surface area contributed by atoms with Crippen LogP contribution in [0.3, 0.4) is 0 Å². The van der Waals surface area contributed by atoms with Crippen molar-refractivity contribution in [3.63, 3.8) is 0 Å². The van der Waals surface area contributed by atoms with Crippen molar-refractivity contribution in [1.29, 1.82) is 0 Å². The van der Waals surface area contributed by atoms with Gasteiger partial charge in [0.2, 0.25) is 15.9 Å². The lowest BCUT2D eigenvalue weighted by atomic mass is 9.93. The summed E-state index contributed by atoms with van der Waals surface area (Å²) in [5.41, 5.74) is 1.45. The van der Waals surface area contributed by atoms with Crippen LogP contribution < -0.4 is 4.74 Å². The maximum Gasteiger partial charge on any atom is 0.325 e. The number of ether oxygens (including phenoxy) is 1. The van der Waals surface area contributed by atoms with Gasteiger partial charge in [0.1, 0.15) is 17.2 Å². The van der Waals surface area contributed by atoms with Gasteiger partial charge in [-0.15, -0.1) is 0 Å². The van der Waals surface area contributed by atoms with Crippen molar-refractivity contribution in [3.05, 3.63) is 62.4 Å². The quantitative estimate of drug-likeness (QED) is 0.416. The van der Waals surface area contributed by atoms with E-state index >= 15 is 0 Å². The van der Waals surface area contributed by atoms with Crippen LogP contribution in [-0.2, 0) is 27.8 Å². The molecule has 1 aliphatic rings. The normalized spacial score (nSPS) is 15.9. The largest absolute Gasteiger partial charge is 0.480 e. The average molecular weight is 590 g/mol. The summed E-state index contributed by atoms with van der Waals surface area (Å²) in [5.74, 6) is -0.506. The van der Waals surface area contributed by atoms with Gasteiger partial charge in [0.15, 0.2) is 0 Å².